The van der Waals surface area contributed by atoms with Gasteiger partial charge in [0.25, 0.3) is 0 Å². The number of alkyl halides is 6. The van der Waals surface area contributed by atoms with E-state index in [0.717, 1.165) is 10.6 Å². The Morgan fingerprint density at radius 2 is 1.24 bits per heavy atom. The van der Waals surface area contributed by atoms with Crippen molar-refractivity contribution in [2.24, 2.45) is 5.92 Å². The summed E-state index contributed by atoms with van der Waals surface area (Å²) >= 11 is 4.10. The van der Waals surface area contributed by atoms with Crippen LogP contribution in [-0.2, 0) is 12.4 Å². The maximum absolute atomic E-state index is 13.4. The van der Waals surface area contributed by atoms with Crippen LogP contribution in [0.1, 0.15) is 41.8 Å². The molecular formula is C28H29BrF6NOP. The van der Waals surface area contributed by atoms with Crippen LogP contribution in [0.2, 0.25) is 0 Å². The van der Waals surface area contributed by atoms with Crippen molar-refractivity contribution in [2.75, 3.05) is 12.8 Å². The molecule has 0 aromatic heterocycles. The molecule has 1 atom stereocenters. The number of amides is 1. The van der Waals surface area contributed by atoms with Crippen LogP contribution in [0, 0.1) is 5.92 Å². The molecule has 38 heavy (non-hydrogen) atoms. The summed E-state index contributed by atoms with van der Waals surface area (Å²) in [6.45, 7) is 5.96. The van der Waals surface area contributed by atoms with Gasteiger partial charge >= 0.3 is 227 Å². The van der Waals surface area contributed by atoms with E-state index in [0.29, 0.717) is 24.7 Å². The second-order valence-electron chi connectivity index (χ2n) is 10.1. The minimum atomic E-state index is -5.04. The Kier molecular flexibility index (Phi) is 8.74. The molecule has 0 bridgehead atoms. The van der Waals surface area contributed by atoms with Crippen LogP contribution >= 0.6 is 20.8 Å². The van der Waals surface area contributed by atoms with Gasteiger partial charge in [-0.05, 0) is 0 Å². The monoisotopic (exact) mass is 619 g/mol. The first kappa shape index (κ1) is 30.2. The first-order valence-electron chi connectivity index (χ1n) is 11.9. The summed E-state index contributed by atoms with van der Waals surface area (Å²) in [6.07, 6.45) is -9.22. The Hall–Kier alpha value is -2.38. The summed E-state index contributed by atoms with van der Waals surface area (Å²) in [5.41, 5.74) is -3.74. The van der Waals surface area contributed by atoms with Crippen molar-refractivity contribution >= 4 is 37.3 Å². The van der Waals surface area contributed by atoms with Crippen LogP contribution in [0.4, 0.5) is 26.3 Å². The molecule has 0 saturated carbocycles. The zero-order valence-corrected chi connectivity index (χ0v) is 23.6. The fourth-order valence-corrected chi connectivity index (χ4v) is 11.0. The molecule has 10 heteroatoms. The summed E-state index contributed by atoms with van der Waals surface area (Å²) in [6, 6.07) is 19.7. The summed E-state index contributed by atoms with van der Waals surface area (Å²) in [7, 11) is 0. The van der Waals surface area contributed by atoms with Crippen molar-refractivity contribution in [1.82, 2.24) is 5.32 Å². The number of hydrogen-bond acceptors (Lipinski definition) is 1. The van der Waals surface area contributed by atoms with E-state index in [1.165, 1.54) is 0 Å². The first-order valence-corrected chi connectivity index (χ1v) is 16.8. The number of rotatable bonds is 8. The molecule has 2 nitrogen and oxygen atoms in total. The van der Waals surface area contributed by atoms with Gasteiger partial charge in [-0.1, -0.05) is 0 Å². The molecule has 1 N–H and O–H groups in total. The van der Waals surface area contributed by atoms with Gasteiger partial charge in [-0.2, -0.15) is 0 Å². The molecule has 0 spiro atoms. The van der Waals surface area contributed by atoms with Gasteiger partial charge in [0.1, 0.15) is 0 Å². The SMILES string of the molecule is CC(C)C[C@@H](CP(C)(Br)(c1ccccc1)c1ccccc1)NC(=O)c1cc(C(F)(F)F)cc(C(F)(F)F)c1. The summed E-state index contributed by atoms with van der Waals surface area (Å²) in [5.74, 6) is -0.897. The van der Waals surface area contributed by atoms with E-state index in [1.54, 1.807) is 0 Å². The van der Waals surface area contributed by atoms with Crippen LogP contribution in [0.3, 0.4) is 0 Å². The molecule has 0 unspecified atom stereocenters. The third kappa shape index (κ3) is 6.97. The minimum absolute atomic E-state index is 0.0181. The number of halogens is 7. The van der Waals surface area contributed by atoms with Crippen LogP contribution < -0.4 is 15.9 Å². The number of carbonyl (C=O) groups is 1. The average Bonchev–Trinajstić information content (AvgIpc) is 2.83. The van der Waals surface area contributed by atoms with E-state index in [1.807, 2.05) is 74.5 Å². The summed E-state index contributed by atoms with van der Waals surface area (Å²) in [4.78, 5) is 13.2. The van der Waals surface area contributed by atoms with Crippen molar-refractivity contribution in [3.63, 3.8) is 0 Å². The van der Waals surface area contributed by atoms with E-state index >= 15 is 0 Å². The van der Waals surface area contributed by atoms with Gasteiger partial charge in [0, 0.05) is 0 Å². The molecule has 3 aromatic carbocycles. The number of nitrogens with one attached hydrogen (secondary N) is 1. The molecule has 0 aliphatic heterocycles. The van der Waals surface area contributed by atoms with Gasteiger partial charge < -0.3 is 0 Å². The predicted octanol–water partition coefficient (Wildman–Crippen LogP) is 8.01. The predicted molar refractivity (Wildman–Crippen MR) is 146 cm³/mol. The quantitative estimate of drug-likeness (QED) is 0.201. The van der Waals surface area contributed by atoms with Gasteiger partial charge in [0.05, 0.1) is 0 Å². The molecule has 1 amide bonds. The third-order valence-corrected chi connectivity index (χ3v) is 14.3. The fraction of sp³-hybridized carbons (Fsp3) is 0.321. The molecule has 0 heterocycles. The Bertz CT molecular complexity index is 1180. The number of benzene rings is 3. The molecule has 0 aliphatic carbocycles. The van der Waals surface area contributed by atoms with Crippen LogP contribution in [-0.4, -0.2) is 24.8 Å². The van der Waals surface area contributed by atoms with E-state index in [9.17, 15) is 31.1 Å². The van der Waals surface area contributed by atoms with Crippen LogP contribution in [0.25, 0.3) is 0 Å². The van der Waals surface area contributed by atoms with Gasteiger partial charge in [-0.25, -0.2) is 0 Å². The Morgan fingerprint density at radius 1 is 0.816 bits per heavy atom. The summed E-state index contributed by atoms with van der Waals surface area (Å²) in [5, 5.41) is 1.63. The molecule has 0 aliphatic rings. The molecule has 3 aromatic rings. The van der Waals surface area contributed by atoms with Gasteiger partial charge in [0.15, 0.2) is 0 Å². The van der Waals surface area contributed by atoms with Crippen molar-refractivity contribution in [1.29, 1.82) is 0 Å². The zero-order chi connectivity index (χ0) is 28.4. The fourth-order valence-electron chi connectivity index (χ4n) is 4.61. The Labute approximate surface area is 226 Å². The second-order valence-corrected chi connectivity index (χ2v) is 20.6. The van der Waals surface area contributed by atoms with Gasteiger partial charge in [-0.15, -0.1) is 0 Å². The normalized spacial score (nSPS) is 14.6. The standard InChI is InChI=1S/C28H29BrF6NOP/c1-19(2)14-23(18-38(3,29,24-10-6-4-7-11-24)25-12-8-5-9-13-25)36-26(37)20-15-21(27(30,31)32)17-22(16-20)28(33,34)35/h4-13,15-17,19,23H,14,18H2,1-3H3,(H,36,37)/t23-/m0/s1. The Morgan fingerprint density at radius 3 is 1.61 bits per heavy atom. The zero-order valence-electron chi connectivity index (χ0n) is 21.1. The summed E-state index contributed by atoms with van der Waals surface area (Å²) < 4.78 is 80.3. The number of hydrogen-bond donors (Lipinski definition) is 1. The van der Waals surface area contributed by atoms with Crippen LogP contribution in [0.15, 0.2) is 78.9 Å². The molecule has 206 valence electrons. The van der Waals surface area contributed by atoms with E-state index in [4.69, 9.17) is 0 Å². The van der Waals surface area contributed by atoms with E-state index in [-0.39, 0.29) is 12.0 Å². The van der Waals surface area contributed by atoms with E-state index in [2.05, 4.69) is 27.5 Å². The Balaban J connectivity index is 2.06. The number of carbonyl (C=O) groups excluding carboxylic acids is 1. The average molecular weight is 620 g/mol. The van der Waals surface area contributed by atoms with Gasteiger partial charge in [0.2, 0.25) is 0 Å². The molecule has 0 fully saturated rings. The second kappa shape index (κ2) is 11.0. The third-order valence-electron chi connectivity index (χ3n) is 6.44. The molecular weight excluding hydrogens is 591 g/mol. The van der Waals surface area contributed by atoms with Crippen molar-refractivity contribution in [3.8, 4) is 0 Å². The topological polar surface area (TPSA) is 29.1 Å². The van der Waals surface area contributed by atoms with E-state index < -0.39 is 46.3 Å². The van der Waals surface area contributed by atoms with Crippen LogP contribution in [0.5, 0.6) is 0 Å². The van der Waals surface area contributed by atoms with Gasteiger partial charge in [-0.3, -0.25) is 0 Å². The molecule has 0 saturated heterocycles. The van der Waals surface area contributed by atoms with Crippen molar-refractivity contribution < 1.29 is 31.1 Å². The van der Waals surface area contributed by atoms with Crippen molar-refractivity contribution in [3.05, 3.63) is 95.6 Å². The first-order chi connectivity index (χ1) is 17.5. The molecule has 0 radical (unpaired) electrons. The molecule has 3 rings (SSSR count). The maximum atomic E-state index is 13.4. The van der Waals surface area contributed by atoms with Crippen molar-refractivity contribution in [2.45, 2.75) is 38.7 Å².